The van der Waals surface area contributed by atoms with E-state index in [0.717, 1.165) is 39.8 Å². The number of nitrogens with one attached hydrogen (secondary N) is 2. The van der Waals surface area contributed by atoms with Gasteiger partial charge in [0, 0.05) is 59.3 Å². The van der Waals surface area contributed by atoms with Gasteiger partial charge in [0.05, 0.1) is 0 Å². The third-order valence-electron chi connectivity index (χ3n) is 14.1. The lowest BCUT2D eigenvalue weighted by molar-refractivity contribution is -0.156. The normalized spacial score (nSPS) is 10.6. The van der Waals surface area contributed by atoms with E-state index in [1.165, 1.54) is 34.6 Å². The number of aliphatic carboxylic acids is 2. The Hall–Kier alpha value is -9.64. The van der Waals surface area contributed by atoms with E-state index in [9.17, 15) is 39.0 Å². The summed E-state index contributed by atoms with van der Waals surface area (Å²) in [5.41, 5.74) is 9.48. The number of rotatable bonds is 24. The van der Waals surface area contributed by atoms with Crippen LogP contribution in [0.15, 0.2) is 233 Å². The summed E-state index contributed by atoms with van der Waals surface area (Å²) in [6.07, 6.45) is 5.34. The molecule has 0 aromatic heterocycles. The van der Waals surface area contributed by atoms with Crippen LogP contribution >= 0.6 is 31.9 Å². The van der Waals surface area contributed by atoms with Crippen molar-refractivity contribution in [2.45, 2.75) is 71.8 Å². The molecule has 0 spiro atoms. The lowest BCUT2D eigenvalue weighted by Gasteiger charge is -2.22. The Balaban J connectivity index is 0.000000228. The van der Waals surface area contributed by atoms with Gasteiger partial charge in [-0.05, 0) is 142 Å². The number of amides is 4. The first-order chi connectivity index (χ1) is 42.7. The van der Waals surface area contributed by atoms with Crippen LogP contribution in [0, 0.1) is 0 Å². The van der Waals surface area contributed by atoms with E-state index in [1.807, 2.05) is 91.0 Å². The zero-order chi connectivity index (χ0) is 62.2. The van der Waals surface area contributed by atoms with Crippen LogP contribution in [0.4, 0.5) is 0 Å². The first-order valence-electron chi connectivity index (χ1n) is 28.7. The zero-order valence-corrected chi connectivity index (χ0v) is 51.6. The average Bonchev–Trinajstić information content (AvgIpc) is 3.50. The number of ether oxygens (including phenoxy) is 2. The SMILES string of the molecule is CCCCCc1ccc(CNC(=O)c2ccc(CN(Cc3ccc(Oc4ccccc4)cc3)C(=O)C(=O)O)c(Br)c2)cc1.O=C(O)C(=O)N(Cc1ccc(Oc2ccccc2)cc1)Cc1ccc(C(=O)NCCc2ccc(-c3ccccc3)cc2)cc1Br. The van der Waals surface area contributed by atoms with Crippen LogP contribution in [0.1, 0.15) is 85.8 Å². The van der Waals surface area contributed by atoms with Gasteiger partial charge in [0.1, 0.15) is 23.0 Å². The highest BCUT2D eigenvalue weighted by Gasteiger charge is 2.25. The van der Waals surface area contributed by atoms with E-state index in [1.54, 1.807) is 84.9 Å². The summed E-state index contributed by atoms with van der Waals surface area (Å²) >= 11 is 7.01. The second-order valence-electron chi connectivity index (χ2n) is 20.7. The molecular weight excluding hydrogens is 1240 g/mol. The Labute approximate surface area is 529 Å². The molecule has 0 aliphatic heterocycles. The van der Waals surface area contributed by atoms with Gasteiger partial charge in [0.25, 0.3) is 11.8 Å². The molecule has 14 nitrogen and oxygen atoms in total. The number of carbonyl (C=O) groups excluding carboxylic acids is 4. The number of unbranched alkanes of at least 4 members (excludes halogenated alkanes) is 2. The molecule has 16 heteroatoms. The van der Waals surface area contributed by atoms with E-state index < -0.39 is 23.8 Å². The van der Waals surface area contributed by atoms with E-state index >= 15 is 0 Å². The molecule has 0 saturated heterocycles. The number of benzene rings is 9. The topological polar surface area (TPSA) is 192 Å². The smallest absolute Gasteiger partial charge is 0.394 e. The standard InChI is InChI=1S/C37H31BrN2O5.C35H35BrN2O5/c38-34-23-30(35(41)39-22-21-26-11-15-29(16-12-26)28-7-3-1-4-8-28)17-18-31(34)25-40(36(42)37(43)44)24-27-13-19-33(20-14-27)45-32-9-5-2-6-10-32;1-2-3-5-8-25-11-13-26(14-12-25)22-37-33(39)28-17-18-29(32(36)21-28)24-38(34(40)35(41)42)23-27-15-19-31(20-16-27)43-30-9-6-4-7-10-30/h1-20,23H,21-22,24-25H2,(H,39,41)(H,43,44);4,6-7,9-21H,2-3,5,8,22-24H2,1H3,(H,37,39)(H,41,42). The Morgan fingerprint density at radius 1 is 0.409 bits per heavy atom. The fourth-order valence-corrected chi connectivity index (χ4v) is 10.3. The van der Waals surface area contributed by atoms with Gasteiger partial charge in [0.2, 0.25) is 0 Å². The quantitative estimate of drug-likeness (QED) is 0.0334. The number of carboxylic acids is 2. The summed E-state index contributed by atoms with van der Waals surface area (Å²) in [5, 5.41) is 24.8. The van der Waals surface area contributed by atoms with Crippen LogP contribution in [0.2, 0.25) is 0 Å². The van der Waals surface area contributed by atoms with E-state index in [-0.39, 0.29) is 38.0 Å². The van der Waals surface area contributed by atoms with Crippen molar-refractivity contribution in [3.63, 3.8) is 0 Å². The highest BCUT2D eigenvalue weighted by atomic mass is 79.9. The molecule has 0 radical (unpaired) electrons. The molecule has 4 amide bonds. The fraction of sp³-hybridized carbons (Fsp3) is 0.167. The van der Waals surface area contributed by atoms with Gasteiger partial charge in [0.15, 0.2) is 0 Å². The Bertz CT molecular complexity index is 3780. The minimum Gasteiger partial charge on any atom is -0.474 e. The predicted molar refractivity (Wildman–Crippen MR) is 347 cm³/mol. The number of hydrogen-bond acceptors (Lipinski definition) is 8. The Morgan fingerprint density at radius 2 is 0.795 bits per heavy atom. The lowest BCUT2D eigenvalue weighted by atomic mass is 10.0. The maximum atomic E-state index is 12.9. The summed E-state index contributed by atoms with van der Waals surface area (Å²) < 4.78 is 12.8. The zero-order valence-electron chi connectivity index (χ0n) is 48.5. The first kappa shape index (κ1) is 64.4. The van der Waals surface area contributed by atoms with Crippen LogP contribution in [0.3, 0.4) is 0 Å². The second kappa shape index (κ2) is 32.7. The van der Waals surface area contributed by atoms with Crippen molar-refractivity contribution in [1.82, 2.24) is 20.4 Å². The minimum absolute atomic E-state index is 0.0366. The molecule has 9 rings (SSSR count). The lowest BCUT2D eigenvalue weighted by Crippen LogP contribution is -2.35. The fourth-order valence-electron chi connectivity index (χ4n) is 9.33. The van der Waals surface area contributed by atoms with Crippen molar-refractivity contribution < 1.29 is 48.5 Å². The molecule has 0 aliphatic rings. The van der Waals surface area contributed by atoms with Crippen LogP contribution in [-0.2, 0) is 64.7 Å². The maximum absolute atomic E-state index is 12.9. The molecule has 0 unspecified atom stereocenters. The molecule has 0 saturated carbocycles. The van der Waals surface area contributed by atoms with Crippen molar-refractivity contribution in [1.29, 1.82) is 0 Å². The van der Waals surface area contributed by atoms with Crippen LogP contribution in [-0.4, -0.2) is 62.1 Å². The largest absolute Gasteiger partial charge is 0.474 e. The highest BCUT2D eigenvalue weighted by molar-refractivity contribution is 9.10. The Kier molecular flexibility index (Phi) is 24.0. The Morgan fingerprint density at radius 3 is 1.24 bits per heavy atom. The van der Waals surface area contributed by atoms with Gasteiger partial charge in [-0.3, -0.25) is 19.2 Å². The van der Waals surface area contributed by atoms with Crippen molar-refractivity contribution in [3.05, 3.63) is 283 Å². The molecule has 0 heterocycles. The summed E-state index contributed by atoms with van der Waals surface area (Å²) in [5.74, 6) is -2.92. The van der Waals surface area contributed by atoms with Crippen molar-refractivity contribution >= 4 is 67.4 Å². The monoisotopic (exact) mass is 1300 g/mol. The van der Waals surface area contributed by atoms with Gasteiger partial charge >= 0.3 is 23.8 Å². The van der Waals surface area contributed by atoms with Crippen LogP contribution < -0.4 is 20.1 Å². The third kappa shape index (κ3) is 19.7. The second-order valence-corrected chi connectivity index (χ2v) is 22.4. The molecular formula is C72H66Br2N4O10. The molecule has 9 aromatic rings. The number of hydrogen-bond donors (Lipinski definition) is 4. The summed E-state index contributed by atoms with van der Waals surface area (Å²) in [7, 11) is 0. The van der Waals surface area contributed by atoms with Gasteiger partial charge in [-0.25, -0.2) is 9.59 Å². The van der Waals surface area contributed by atoms with Crippen LogP contribution in [0.5, 0.6) is 23.0 Å². The van der Waals surface area contributed by atoms with E-state index in [4.69, 9.17) is 9.47 Å². The van der Waals surface area contributed by atoms with Gasteiger partial charge in [-0.15, -0.1) is 0 Å². The molecule has 0 atom stereocenters. The van der Waals surface area contributed by atoms with Gasteiger partial charge in [-0.2, -0.15) is 0 Å². The predicted octanol–water partition coefficient (Wildman–Crippen LogP) is 15.0. The molecule has 88 heavy (non-hydrogen) atoms. The number of carboxylic acid groups (broad SMARTS) is 2. The van der Waals surface area contributed by atoms with E-state index in [2.05, 4.69) is 97.9 Å². The third-order valence-corrected chi connectivity index (χ3v) is 15.6. The summed E-state index contributed by atoms with van der Waals surface area (Å²) in [6.45, 7) is 3.32. The van der Waals surface area contributed by atoms with Crippen LogP contribution in [0.25, 0.3) is 11.1 Å². The number of nitrogens with zero attached hydrogens (tertiary/aromatic N) is 2. The van der Waals surface area contributed by atoms with E-state index in [0.29, 0.717) is 73.7 Å². The molecule has 0 aliphatic carbocycles. The number of halogens is 2. The van der Waals surface area contributed by atoms with Crippen molar-refractivity contribution in [2.24, 2.45) is 0 Å². The average molecular weight is 1310 g/mol. The molecule has 9 aromatic carbocycles. The van der Waals surface area contributed by atoms with Crippen molar-refractivity contribution in [3.8, 4) is 34.1 Å². The highest BCUT2D eigenvalue weighted by Crippen LogP contribution is 2.27. The summed E-state index contributed by atoms with van der Waals surface area (Å²) in [6, 6.07) is 69.9. The van der Waals surface area contributed by atoms with Gasteiger partial charge < -0.3 is 40.1 Å². The number of aryl methyl sites for hydroxylation is 1. The minimum atomic E-state index is -1.54. The summed E-state index contributed by atoms with van der Waals surface area (Å²) in [4.78, 5) is 76.6. The molecule has 0 fully saturated rings. The number of carbonyl (C=O) groups is 6. The molecule has 0 bridgehead atoms. The molecule has 448 valence electrons. The van der Waals surface area contributed by atoms with Gasteiger partial charge in [-0.1, -0.05) is 203 Å². The molecule has 4 N–H and O–H groups in total. The van der Waals surface area contributed by atoms with Crippen molar-refractivity contribution in [2.75, 3.05) is 6.54 Å². The maximum Gasteiger partial charge on any atom is 0.394 e. The first-order valence-corrected chi connectivity index (χ1v) is 30.3. The number of para-hydroxylation sites is 2.